The Balaban J connectivity index is 0.00000208. The standard InChI is InChI=1S/C18H25N5.HI/c1-14(22-18(19-2)20-11-9-15-7-8-15)16-5-3-6-17(13-16)23-12-4-10-21-23;/h3-6,10,12-15H,7-9,11H2,1-2H3,(H2,19,20,22);1H. The van der Waals surface area contributed by atoms with E-state index in [0.717, 1.165) is 24.1 Å². The van der Waals surface area contributed by atoms with E-state index in [1.54, 1.807) is 6.20 Å². The molecule has 1 aliphatic rings. The van der Waals surface area contributed by atoms with Gasteiger partial charge in [0.05, 0.1) is 11.7 Å². The van der Waals surface area contributed by atoms with Crippen molar-refractivity contribution < 1.29 is 0 Å². The van der Waals surface area contributed by atoms with Crippen LogP contribution in [0.2, 0.25) is 0 Å². The molecule has 0 spiro atoms. The summed E-state index contributed by atoms with van der Waals surface area (Å²) in [5, 5.41) is 11.2. The van der Waals surface area contributed by atoms with Crippen LogP contribution in [-0.2, 0) is 0 Å². The van der Waals surface area contributed by atoms with E-state index in [1.807, 2.05) is 24.0 Å². The van der Waals surface area contributed by atoms with Gasteiger partial charge in [0.25, 0.3) is 0 Å². The Bertz CT molecular complexity index is 649. The van der Waals surface area contributed by atoms with E-state index in [-0.39, 0.29) is 30.0 Å². The number of guanidine groups is 1. The van der Waals surface area contributed by atoms with Gasteiger partial charge in [-0.3, -0.25) is 4.99 Å². The van der Waals surface area contributed by atoms with Gasteiger partial charge in [0, 0.05) is 26.0 Å². The van der Waals surface area contributed by atoms with Crippen LogP contribution >= 0.6 is 24.0 Å². The first-order valence-electron chi connectivity index (χ1n) is 8.33. The molecule has 1 fully saturated rings. The van der Waals surface area contributed by atoms with Gasteiger partial charge in [-0.05, 0) is 43.0 Å². The number of aromatic nitrogens is 2. The molecular weight excluding hydrogens is 413 g/mol. The molecule has 1 aromatic heterocycles. The van der Waals surface area contributed by atoms with E-state index < -0.39 is 0 Å². The van der Waals surface area contributed by atoms with Crippen LogP contribution in [0.25, 0.3) is 5.69 Å². The number of nitrogens with zero attached hydrogens (tertiary/aromatic N) is 3. The third-order valence-corrected chi connectivity index (χ3v) is 4.26. The lowest BCUT2D eigenvalue weighted by molar-refractivity contribution is 0.653. The summed E-state index contributed by atoms with van der Waals surface area (Å²) in [4.78, 5) is 4.32. The Morgan fingerprint density at radius 1 is 1.38 bits per heavy atom. The number of hydrogen-bond donors (Lipinski definition) is 2. The van der Waals surface area contributed by atoms with Gasteiger partial charge in [-0.2, -0.15) is 5.10 Å². The number of benzene rings is 1. The predicted molar refractivity (Wildman–Crippen MR) is 109 cm³/mol. The maximum Gasteiger partial charge on any atom is 0.191 e. The van der Waals surface area contributed by atoms with Crippen LogP contribution in [0.3, 0.4) is 0 Å². The molecule has 0 radical (unpaired) electrons. The Labute approximate surface area is 161 Å². The van der Waals surface area contributed by atoms with Crippen molar-refractivity contribution in [2.24, 2.45) is 10.9 Å². The zero-order valence-electron chi connectivity index (χ0n) is 14.3. The van der Waals surface area contributed by atoms with Gasteiger partial charge in [0.15, 0.2) is 5.96 Å². The van der Waals surface area contributed by atoms with Gasteiger partial charge < -0.3 is 10.6 Å². The van der Waals surface area contributed by atoms with Crippen molar-refractivity contribution in [3.8, 4) is 5.69 Å². The number of hydrogen-bond acceptors (Lipinski definition) is 2. The summed E-state index contributed by atoms with van der Waals surface area (Å²) < 4.78 is 1.87. The first-order valence-corrected chi connectivity index (χ1v) is 8.33. The van der Waals surface area contributed by atoms with E-state index in [9.17, 15) is 0 Å². The van der Waals surface area contributed by atoms with Crippen LogP contribution in [0.5, 0.6) is 0 Å². The van der Waals surface area contributed by atoms with Crippen molar-refractivity contribution in [3.63, 3.8) is 0 Å². The van der Waals surface area contributed by atoms with Gasteiger partial charge in [-0.15, -0.1) is 24.0 Å². The van der Waals surface area contributed by atoms with Crippen molar-refractivity contribution in [2.45, 2.75) is 32.2 Å². The molecule has 24 heavy (non-hydrogen) atoms. The molecule has 0 aliphatic heterocycles. The topological polar surface area (TPSA) is 54.2 Å². The molecule has 130 valence electrons. The Morgan fingerprint density at radius 2 is 2.21 bits per heavy atom. The zero-order chi connectivity index (χ0) is 16.1. The van der Waals surface area contributed by atoms with E-state index >= 15 is 0 Å². The van der Waals surface area contributed by atoms with E-state index in [1.165, 1.54) is 24.8 Å². The SMILES string of the molecule is CN=C(NCCC1CC1)NC(C)c1cccc(-n2cccn2)c1.I. The van der Waals surface area contributed by atoms with Crippen molar-refractivity contribution in [1.82, 2.24) is 20.4 Å². The number of nitrogens with one attached hydrogen (secondary N) is 2. The molecule has 1 aromatic carbocycles. The van der Waals surface area contributed by atoms with Gasteiger partial charge in [-0.1, -0.05) is 25.0 Å². The average Bonchev–Trinajstić information content (AvgIpc) is 3.24. The zero-order valence-corrected chi connectivity index (χ0v) is 16.6. The summed E-state index contributed by atoms with van der Waals surface area (Å²) in [5.74, 6) is 1.80. The summed E-state index contributed by atoms with van der Waals surface area (Å²) in [6.07, 6.45) is 7.77. The van der Waals surface area contributed by atoms with Gasteiger partial charge in [0.2, 0.25) is 0 Å². The molecule has 2 N–H and O–H groups in total. The molecule has 1 heterocycles. The van der Waals surface area contributed by atoms with Crippen molar-refractivity contribution >= 4 is 29.9 Å². The maximum absolute atomic E-state index is 4.32. The number of aliphatic imine (C=N–C) groups is 1. The molecular formula is C18H26IN5. The first-order chi connectivity index (χ1) is 11.3. The fraction of sp³-hybridized carbons (Fsp3) is 0.444. The van der Waals surface area contributed by atoms with Gasteiger partial charge in [0.1, 0.15) is 0 Å². The third-order valence-electron chi connectivity index (χ3n) is 4.26. The smallest absolute Gasteiger partial charge is 0.191 e. The largest absolute Gasteiger partial charge is 0.356 e. The highest BCUT2D eigenvalue weighted by Crippen LogP contribution is 2.31. The van der Waals surface area contributed by atoms with Crippen LogP contribution in [-0.4, -0.2) is 29.3 Å². The van der Waals surface area contributed by atoms with Crippen LogP contribution in [0, 0.1) is 5.92 Å². The normalized spacial score (nSPS) is 15.5. The summed E-state index contributed by atoms with van der Waals surface area (Å²) in [5.41, 5.74) is 2.28. The molecule has 1 aliphatic carbocycles. The molecule has 0 amide bonds. The van der Waals surface area contributed by atoms with Crippen LogP contribution < -0.4 is 10.6 Å². The molecule has 6 heteroatoms. The van der Waals surface area contributed by atoms with E-state index in [2.05, 4.69) is 51.9 Å². The summed E-state index contributed by atoms with van der Waals surface area (Å²) in [6, 6.07) is 10.5. The molecule has 2 aromatic rings. The number of rotatable bonds is 6. The molecule has 1 saturated carbocycles. The van der Waals surface area contributed by atoms with Crippen molar-refractivity contribution in [3.05, 3.63) is 48.3 Å². The molecule has 1 unspecified atom stereocenters. The summed E-state index contributed by atoms with van der Waals surface area (Å²) >= 11 is 0. The summed E-state index contributed by atoms with van der Waals surface area (Å²) in [7, 11) is 1.82. The van der Waals surface area contributed by atoms with Crippen LogP contribution in [0.15, 0.2) is 47.7 Å². The second-order valence-corrected chi connectivity index (χ2v) is 6.14. The summed E-state index contributed by atoms with van der Waals surface area (Å²) in [6.45, 7) is 3.14. The van der Waals surface area contributed by atoms with E-state index in [4.69, 9.17) is 0 Å². The fourth-order valence-corrected chi connectivity index (χ4v) is 2.64. The Hall–Kier alpha value is -1.57. The molecule has 0 saturated heterocycles. The lowest BCUT2D eigenvalue weighted by Gasteiger charge is -2.19. The molecule has 3 rings (SSSR count). The lowest BCUT2D eigenvalue weighted by atomic mass is 10.1. The number of halogens is 1. The molecule has 1 atom stereocenters. The minimum Gasteiger partial charge on any atom is -0.356 e. The minimum absolute atomic E-state index is 0. The molecule has 5 nitrogen and oxygen atoms in total. The van der Waals surface area contributed by atoms with E-state index in [0.29, 0.717) is 0 Å². The highest BCUT2D eigenvalue weighted by Gasteiger charge is 2.20. The predicted octanol–water partition coefficient (Wildman–Crippen LogP) is 3.52. The minimum atomic E-state index is 0. The third kappa shape index (κ3) is 5.22. The van der Waals surface area contributed by atoms with Crippen molar-refractivity contribution in [2.75, 3.05) is 13.6 Å². The quantitative estimate of drug-likeness (QED) is 0.412. The Morgan fingerprint density at radius 3 is 2.88 bits per heavy atom. The second-order valence-electron chi connectivity index (χ2n) is 6.14. The average molecular weight is 439 g/mol. The van der Waals surface area contributed by atoms with Gasteiger partial charge in [-0.25, -0.2) is 4.68 Å². The monoisotopic (exact) mass is 439 g/mol. The van der Waals surface area contributed by atoms with Gasteiger partial charge >= 0.3 is 0 Å². The highest BCUT2D eigenvalue weighted by molar-refractivity contribution is 14.0. The first kappa shape index (κ1) is 18.8. The van der Waals surface area contributed by atoms with Crippen LogP contribution in [0.4, 0.5) is 0 Å². The second kappa shape index (κ2) is 9.05. The maximum atomic E-state index is 4.32. The van der Waals surface area contributed by atoms with Crippen LogP contribution in [0.1, 0.15) is 37.8 Å². The fourth-order valence-electron chi connectivity index (χ4n) is 2.64. The molecule has 0 bridgehead atoms. The van der Waals surface area contributed by atoms with Crippen molar-refractivity contribution in [1.29, 1.82) is 0 Å². The highest BCUT2D eigenvalue weighted by atomic mass is 127. The lowest BCUT2D eigenvalue weighted by Crippen LogP contribution is -2.39. The Kier molecular flexibility index (Phi) is 7.08.